The van der Waals surface area contributed by atoms with E-state index in [0.29, 0.717) is 48.6 Å². The summed E-state index contributed by atoms with van der Waals surface area (Å²) in [5.41, 5.74) is 3.84. The Bertz CT molecular complexity index is 1370. The maximum Gasteiger partial charge on any atom is 0.291 e. The van der Waals surface area contributed by atoms with Gasteiger partial charge in [-0.25, -0.2) is 0 Å². The van der Waals surface area contributed by atoms with E-state index in [1.54, 1.807) is 29.2 Å². The lowest BCUT2D eigenvalue weighted by Gasteiger charge is -2.14. The number of aryl methyl sites for hydroxylation is 1. The van der Waals surface area contributed by atoms with Crippen molar-refractivity contribution in [1.29, 1.82) is 0 Å². The number of rotatable bonds is 12. The van der Waals surface area contributed by atoms with Crippen molar-refractivity contribution < 1.29 is 23.4 Å². The van der Waals surface area contributed by atoms with Gasteiger partial charge in [-0.3, -0.25) is 9.48 Å². The maximum absolute atomic E-state index is 12.8. The Balaban J connectivity index is 1.36. The Morgan fingerprint density at radius 2 is 1.76 bits per heavy atom. The van der Waals surface area contributed by atoms with Crippen LogP contribution in [-0.2, 0) is 13.2 Å². The Morgan fingerprint density at radius 3 is 2.53 bits per heavy atom. The Hall–Kier alpha value is -4.20. The quantitative estimate of drug-likeness (QED) is 0.228. The van der Waals surface area contributed by atoms with Gasteiger partial charge in [0.25, 0.3) is 5.91 Å². The minimum absolute atomic E-state index is 0.206. The van der Waals surface area contributed by atoms with Crippen LogP contribution < -0.4 is 19.5 Å². The van der Waals surface area contributed by atoms with Crippen LogP contribution in [0.2, 0.25) is 0 Å². The monoisotopic (exact) mass is 517 g/mol. The number of aromatic nitrogens is 2. The first kappa shape index (κ1) is 26.9. The molecule has 0 aliphatic rings. The SMILES string of the molecule is CCOc1ccc(Cn2cc(NC(=O)c3ccc(COc4cc(C)ccc4C(C)C)o3)cn2)cc1OCC. The largest absolute Gasteiger partial charge is 0.490 e. The van der Waals surface area contributed by atoms with E-state index in [0.717, 1.165) is 22.4 Å². The van der Waals surface area contributed by atoms with Crippen LogP contribution in [0, 0.1) is 6.92 Å². The summed E-state index contributed by atoms with van der Waals surface area (Å²) in [6.07, 6.45) is 3.38. The molecule has 2 aromatic carbocycles. The number of ether oxygens (including phenoxy) is 3. The van der Waals surface area contributed by atoms with Crippen molar-refractivity contribution in [2.75, 3.05) is 18.5 Å². The molecule has 1 N–H and O–H groups in total. The van der Waals surface area contributed by atoms with Gasteiger partial charge in [0.15, 0.2) is 17.3 Å². The topological polar surface area (TPSA) is 87.8 Å². The second-order valence-corrected chi connectivity index (χ2v) is 9.28. The van der Waals surface area contributed by atoms with E-state index >= 15 is 0 Å². The predicted octanol–water partition coefficient (Wildman–Crippen LogP) is 6.58. The molecule has 1 amide bonds. The molecule has 0 saturated heterocycles. The molecule has 0 fully saturated rings. The molecule has 0 aliphatic heterocycles. The lowest BCUT2D eigenvalue weighted by atomic mass is 10.0. The van der Waals surface area contributed by atoms with Crippen LogP contribution in [0.25, 0.3) is 0 Å². The lowest BCUT2D eigenvalue weighted by Crippen LogP contribution is -2.10. The van der Waals surface area contributed by atoms with Gasteiger partial charge in [0.1, 0.15) is 18.1 Å². The molecule has 38 heavy (non-hydrogen) atoms. The highest BCUT2D eigenvalue weighted by Gasteiger charge is 2.15. The Kier molecular flexibility index (Phi) is 8.73. The number of nitrogens with zero attached hydrogens (tertiary/aromatic N) is 2. The van der Waals surface area contributed by atoms with Crippen LogP contribution in [0.5, 0.6) is 17.2 Å². The summed E-state index contributed by atoms with van der Waals surface area (Å²) in [5, 5.41) is 7.21. The number of furan rings is 1. The van der Waals surface area contributed by atoms with Crippen LogP contribution in [0.3, 0.4) is 0 Å². The lowest BCUT2D eigenvalue weighted by molar-refractivity contribution is 0.0992. The van der Waals surface area contributed by atoms with Crippen molar-refractivity contribution in [3.8, 4) is 17.2 Å². The summed E-state index contributed by atoms with van der Waals surface area (Å²) >= 11 is 0. The molecule has 200 valence electrons. The molecule has 2 aromatic heterocycles. The van der Waals surface area contributed by atoms with E-state index in [1.807, 2.05) is 45.0 Å². The maximum atomic E-state index is 12.8. The zero-order chi connectivity index (χ0) is 27.1. The fourth-order valence-corrected chi connectivity index (χ4v) is 4.06. The average molecular weight is 518 g/mol. The third kappa shape index (κ3) is 6.76. The Morgan fingerprint density at radius 1 is 0.974 bits per heavy atom. The second-order valence-electron chi connectivity index (χ2n) is 9.28. The van der Waals surface area contributed by atoms with Gasteiger partial charge in [-0.05, 0) is 73.7 Å². The number of carbonyl (C=O) groups is 1. The first-order valence-electron chi connectivity index (χ1n) is 12.9. The zero-order valence-corrected chi connectivity index (χ0v) is 22.6. The van der Waals surface area contributed by atoms with Crippen LogP contribution in [0.4, 0.5) is 5.69 Å². The highest BCUT2D eigenvalue weighted by atomic mass is 16.5. The minimum atomic E-state index is -0.353. The summed E-state index contributed by atoms with van der Waals surface area (Å²) < 4.78 is 24.9. The molecule has 0 bridgehead atoms. The van der Waals surface area contributed by atoms with Crippen molar-refractivity contribution in [3.05, 3.63) is 89.1 Å². The molecule has 8 heteroatoms. The molecule has 4 rings (SSSR count). The van der Waals surface area contributed by atoms with E-state index in [1.165, 1.54) is 0 Å². The third-order valence-corrected chi connectivity index (χ3v) is 5.89. The van der Waals surface area contributed by atoms with Crippen molar-refractivity contribution in [2.24, 2.45) is 0 Å². The van der Waals surface area contributed by atoms with Gasteiger partial charge in [-0.15, -0.1) is 0 Å². The number of hydrogen-bond donors (Lipinski definition) is 1. The van der Waals surface area contributed by atoms with E-state index in [2.05, 4.69) is 36.4 Å². The number of benzene rings is 2. The van der Waals surface area contributed by atoms with E-state index < -0.39 is 0 Å². The molecule has 2 heterocycles. The fourth-order valence-electron chi connectivity index (χ4n) is 4.06. The molecule has 0 atom stereocenters. The van der Waals surface area contributed by atoms with E-state index in [-0.39, 0.29) is 18.3 Å². The van der Waals surface area contributed by atoms with Crippen LogP contribution >= 0.6 is 0 Å². The average Bonchev–Trinajstić information content (AvgIpc) is 3.54. The smallest absolute Gasteiger partial charge is 0.291 e. The Labute approximate surface area is 223 Å². The standard InChI is InChI=1S/C30H35N3O5/c1-6-35-26-12-9-22(15-29(26)36-7-2)17-33-18-23(16-31-33)32-30(34)27-13-10-24(38-27)19-37-28-14-21(5)8-11-25(28)20(3)4/h8-16,18,20H,6-7,17,19H2,1-5H3,(H,32,34). The number of amides is 1. The third-order valence-electron chi connectivity index (χ3n) is 5.89. The van der Waals surface area contributed by atoms with Crippen LogP contribution in [-0.4, -0.2) is 28.9 Å². The molecular weight excluding hydrogens is 482 g/mol. The van der Waals surface area contributed by atoms with E-state index in [9.17, 15) is 4.79 Å². The molecule has 0 radical (unpaired) electrons. The molecule has 0 spiro atoms. The molecule has 0 aliphatic carbocycles. The summed E-state index contributed by atoms with van der Waals surface area (Å²) in [5.74, 6) is 3.01. The molecular formula is C30H35N3O5. The number of carbonyl (C=O) groups excluding carboxylic acids is 1. The predicted molar refractivity (Wildman–Crippen MR) is 146 cm³/mol. The van der Waals surface area contributed by atoms with Gasteiger partial charge in [-0.1, -0.05) is 32.0 Å². The number of nitrogens with one attached hydrogen (secondary N) is 1. The number of anilines is 1. The zero-order valence-electron chi connectivity index (χ0n) is 22.6. The van der Waals surface area contributed by atoms with Gasteiger partial charge in [0, 0.05) is 6.20 Å². The highest BCUT2D eigenvalue weighted by Crippen LogP contribution is 2.30. The van der Waals surface area contributed by atoms with Gasteiger partial charge in [0.05, 0.1) is 31.6 Å². The van der Waals surface area contributed by atoms with Gasteiger partial charge in [-0.2, -0.15) is 5.10 Å². The summed E-state index contributed by atoms with van der Waals surface area (Å²) in [7, 11) is 0. The van der Waals surface area contributed by atoms with Crippen molar-refractivity contribution in [1.82, 2.24) is 9.78 Å². The second kappa shape index (κ2) is 12.4. The van der Waals surface area contributed by atoms with Gasteiger partial charge >= 0.3 is 0 Å². The summed E-state index contributed by atoms with van der Waals surface area (Å²) in [6.45, 7) is 12.0. The molecule has 4 aromatic rings. The summed E-state index contributed by atoms with van der Waals surface area (Å²) in [4.78, 5) is 12.8. The van der Waals surface area contributed by atoms with Gasteiger partial charge < -0.3 is 23.9 Å². The van der Waals surface area contributed by atoms with Gasteiger partial charge in [0.2, 0.25) is 0 Å². The van der Waals surface area contributed by atoms with Crippen LogP contribution in [0.1, 0.15) is 66.6 Å². The van der Waals surface area contributed by atoms with Crippen LogP contribution in [0.15, 0.2) is 65.3 Å². The first-order chi connectivity index (χ1) is 18.4. The minimum Gasteiger partial charge on any atom is -0.490 e. The van der Waals surface area contributed by atoms with Crippen molar-refractivity contribution in [3.63, 3.8) is 0 Å². The molecule has 0 saturated carbocycles. The normalized spacial score (nSPS) is 11.0. The highest BCUT2D eigenvalue weighted by molar-refractivity contribution is 6.02. The van der Waals surface area contributed by atoms with Crippen molar-refractivity contribution in [2.45, 2.75) is 53.7 Å². The van der Waals surface area contributed by atoms with E-state index in [4.69, 9.17) is 18.6 Å². The first-order valence-corrected chi connectivity index (χ1v) is 12.9. The number of hydrogen-bond acceptors (Lipinski definition) is 6. The molecule has 8 nitrogen and oxygen atoms in total. The summed E-state index contributed by atoms with van der Waals surface area (Å²) in [6, 6.07) is 15.4. The fraction of sp³-hybridized carbons (Fsp3) is 0.333. The molecule has 0 unspecified atom stereocenters. The van der Waals surface area contributed by atoms with Crippen molar-refractivity contribution >= 4 is 11.6 Å².